The lowest BCUT2D eigenvalue weighted by atomic mass is 9.97. The van der Waals surface area contributed by atoms with E-state index in [9.17, 15) is 29.4 Å². The summed E-state index contributed by atoms with van der Waals surface area (Å²) in [5.74, 6) is -3.03. The van der Waals surface area contributed by atoms with Crippen LogP contribution in [0.2, 0.25) is 0 Å². The first kappa shape index (κ1) is 33.1. The Morgan fingerprint density at radius 1 is 0.837 bits per heavy atom. The van der Waals surface area contributed by atoms with E-state index in [1.54, 1.807) is 18.3 Å². The Balaban J connectivity index is 1.83. The van der Waals surface area contributed by atoms with Gasteiger partial charge in [0, 0.05) is 29.9 Å². The Morgan fingerprint density at radius 2 is 1.44 bits per heavy atom. The number of rotatable bonds is 15. The zero-order chi connectivity index (χ0) is 31.7. The van der Waals surface area contributed by atoms with Crippen LogP contribution in [0.3, 0.4) is 0 Å². The first-order chi connectivity index (χ1) is 20.4. The second-order valence-electron chi connectivity index (χ2n) is 11.5. The zero-order valence-corrected chi connectivity index (χ0v) is 25.1. The molecule has 0 fully saturated rings. The molecule has 0 saturated carbocycles. The molecule has 3 aromatic rings. The van der Waals surface area contributed by atoms with E-state index in [0.717, 1.165) is 16.5 Å². The number of hydrogen-bond acceptors (Lipinski definition) is 6. The highest BCUT2D eigenvalue weighted by Gasteiger charge is 2.32. The van der Waals surface area contributed by atoms with Gasteiger partial charge in [-0.1, -0.05) is 64.4 Å². The van der Waals surface area contributed by atoms with E-state index in [4.69, 9.17) is 5.73 Å². The molecule has 11 nitrogen and oxygen atoms in total. The number of carbonyl (C=O) groups is 4. The van der Waals surface area contributed by atoms with Gasteiger partial charge in [-0.05, 0) is 47.6 Å². The van der Waals surface area contributed by atoms with Gasteiger partial charge in [-0.15, -0.1) is 0 Å². The smallest absolute Gasteiger partial charge is 0.326 e. The molecule has 3 amide bonds. The number of nitrogens with two attached hydrogens (primary N) is 1. The average molecular weight is 594 g/mol. The number of carboxylic acids is 1. The molecule has 8 N–H and O–H groups in total. The van der Waals surface area contributed by atoms with E-state index in [1.807, 2.05) is 52.0 Å². The molecule has 0 saturated heterocycles. The Bertz CT molecular complexity index is 1400. The minimum atomic E-state index is -1.26. The summed E-state index contributed by atoms with van der Waals surface area (Å²) in [6.07, 6.45) is 2.83. The standard InChI is InChI=1S/C32H43N5O6/c1-5-19(4)28(33)31(41)36-26(16-21-17-34-24-9-7-6-8-23(21)24)30(40)35-25(14-18(2)3)29(39)37-27(32(42)43)15-20-10-12-22(38)13-11-20/h6-13,17-19,25-28,34,38H,5,14-16,33H2,1-4H3,(H,35,40)(H,36,41)(H,37,39)(H,42,43). The molecule has 1 heterocycles. The monoisotopic (exact) mass is 593 g/mol. The maximum absolute atomic E-state index is 13.7. The van der Waals surface area contributed by atoms with E-state index >= 15 is 0 Å². The number of hydrogen-bond donors (Lipinski definition) is 7. The van der Waals surface area contributed by atoms with Crippen molar-refractivity contribution in [1.29, 1.82) is 0 Å². The maximum Gasteiger partial charge on any atom is 0.326 e. The van der Waals surface area contributed by atoms with Crippen molar-refractivity contribution in [3.8, 4) is 5.75 Å². The third-order valence-electron chi connectivity index (χ3n) is 7.62. The molecular weight excluding hydrogens is 550 g/mol. The van der Waals surface area contributed by atoms with Gasteiger partial charge < -0.3 is 36.9 Å². The van der Waals surface area contributed by atoms with Gasteiger partial charge in [0.1, 0.15) is 23.9 Å². The van der Waals surface area contributed by atoms with Gasteiger partial charge in [0.2, 0.25) is 17.7 Å². The predicted molar refractivity (Wildman–Crippen MR) is 164 cm³/mol. The third-order valence-corrected chi connectivity index (χ3v) is 7.62. The lowest BCUT2D eigenvalue weighted by Gasteiger charge is -2.27. The van der Waals surface area contributed by atoms with Crippen LogP contribution >= 0.6 is 0 Å². The molecule has 3 rings (SSSR count). The van der Waals surface area contributed by atoms with E-state index in [-0.39, 0.29) is 36.8 Å². The zero-order valence-electron chi connectivity index (χ0n) is 25.1. The number of aliphatic carboxylic acids is 1. The van der Waals surface area contributed by atoms with Gasteiger partial charge in [0.25, 0.3) is 0 Å². The van der Waals surface area contributed by atoms with Gasteiger partial charge >= 0.3 is 5.97 Å². The summed E-state index contributed by atoms with van der Waals surface area (Å²) < 4.78 is 0. The van der Waals surface area contributed by atoms with E-state index in [1.165, 1.54) is 12.1 Å². The number of aromatic amines is 1. The van der Waals surface area contributed by atoms with Gasteiger partial charge in [0.15, 0.2) is 0 Å². The van der Waals surface area contributed by atoms with E-state index < -0.39 is 47.9 Å². The molecule has 0 aliphatic heterocycles. The first-order valence-electron chi connectivity index (χ1n) is 14.6. The van der Waals surface area contributed by atoms with Gasteiger partial charge in [-0.3, -0.25) is 14.4 Å². The maximum atomic E-state index is 13.7. The summed E-state index contributed by atoms with van der Waals surface area (Å²) in [5, 5.41) is 28.3. The molecule has 2 aromatic carbocycles. The fourth-order valence-electron chi connectivity index (χ4n) is 4.83. The SMILES string of the molecule is CCC(C)C(N)C(=O)NC(Cc1c[nH]c2ccccc12)C(=O)NC(CC(C)C)C(=O)NC(Cc1ccc(O)cc1)C(=O)O. The number of H-pyrrole nitrogens is 1. The van der Waals surface area contributed by atoms with Gasteiger partial charge in [0.05, 0.1) is 6.04 Å². The van der Waals surface area contributed by atoms with Crippen LogP contribution in [0.5, 0.6) is 5.75 Å². The fraction of sp³-hybridized carbons (Fsp3) is 0.438. The van der Waals surface area contributed by atoms with Crippen LogP contribution in [-0.2, 0) is 32.0 Å². The molecule has 232 valence electrons. The summed E-state index contributed by atoms with van der Waals surface area (Å²) in [6, 6.07) is 9.43. The number of carboxylic acid groups (broad SMARTS) is 1. The van der Waals surface area contributed by atoms with Crippen LogP contribution in [0.1, 0.15) is 51.7 Å². The summed E-state index contributed by atoms with van der Waals surface area (Å²) in [6.45, 7) is 7.55. The van der Waals surface area contributed by atoms with Crippen molar-refractivity contribution in [2.24, 2.45) is 17.6 Å². The number of amides is 3. The molecule has 11 heteroatoms. The molecule has 0 aliphatic carbocycles. The molecule has 0 spiro atoms. The van der Waals surface area contributed by atoms with Crippen molar-refractivity contribution in [2.75, 3.05) is 0 Å². The van der Waals surface area contributed by atoms with Crippen molar-refractivity contribution in [1.82, 2.24) is 20.9 Å². The van der Waals surface area contributed by atoms with Crippen LogP contribution in [0.4, 0.5) is 0 Å². The van der Waals surface area contributed by atoms with E-state index in [0.29, 0.717) is 12.0 Å². The number of phenolic OH excluding ortho intramolecular Hbond substituents is 1. The van der Waals surface area contributed by atoms with Crippen molar-refractivity contribution in [2.45, 2.75) is 77.5 Å². The molecule has 0 bridgehead atoms. The number of fused-ring (bicyclic) bond motifs is 1. The topological polar surface area (TPSA) is 187 Å². The number of carbonyl (C=O) groups excluding carboxylic acids is 3. The number of aromatic hydroxyl groups is 1. The van der Waals surface area contributed by atoms with Gasteiger partial charge in [-0.25, -0.2) is 4.79 Å². The Labute approximate surface area is 251 Å². The molecule has 0 aliphatic rings. The second-order valence-corrected chi connectivity index (χ2v) is 11.5. The largest absolute Gasteiger partial charge is 0.508 e. The number of phenols is 1. The van der Waals surface area contributed by atoms with Crippen LogP contribution in [-0.4, -0.2) is 63.1 Å². The van der Waals surface area contributed by atoms with Crippen molar-refractivity contribution in [3.63, 3.8) is 0 Å². The number of para-hydroxylation sites is 1. The quantitative estimate of drug-likeness (QED) is 0.141. The molecule has 43 heavy (non-hydrogen) atoms. The summed E-state index contributed by atoms with van der Waals surface area (Å²) >= 11 is 0. The lowest BCUT2D eigenvalue weighted by Crippen LogP contribution is -2.58. The van der Waals surface area contributed by atoms with Crippen molar-refractivity contribution in [3.05, 3.63) is 65.9 Å². The molecule has 5 atom stereocenters. The first-order valence-corrected chi connectivity index (χ1v) is 14.6. The summed E-state index contributed by atoms with van der Waals surface area (Å²) in [7, 11) is 0. The molecule has 0 radical (unpaired) electrons. The van der Waals surface area contributed by atoms with Gasteiger partial charge in [-0.2, -0.15) is 0 Å². The van der Waals surface area contributed by atoms with Crippen LogP contribution in [0, 0.1) is 11.8 Å². The summed E-state index contributed by atoms with van der Waals surface area (Å²) in [4.78, 5) is 55.4. The lowest BCUT2D eigenvalue weighted by molar-refractivity contribution is -0.142. The predicted octanol–water partition coefficient (Wildman–Crippen LogP) is 2.62. The van der Waals surface area contributed by atoms with E-state index in [2.05, 4.69) is 20.9 Å². The van der Waals surface area contributed by atoms with Crippen LogP contribution in [0.25, 0.3) is 10.9 Å². The Morgan fingerprint density at radius 3 is 2.07 bits per heavy atom. The van der Waals surface area contributed by atoms with Crippen molar-refractivity contribution >= 4 is 34.6 Å². The molecule has 1 aromatic heterocycles. The number of benzene rings is 2. The number of aromatic nitrogens is 1. The van der Waals surface area contributed by atoms with Crippen LogP contribution < -0.4 is 21.7 Å². The molecule has 5 unspecified atom stereocenters. The number of nitrogens with one attached hydrogen (secondary N) is 4. The highest BCUT2D eigenvalue weighted by atomic mass is 16.4. The Kier molecular flexibility index (Phi) is 11.7. The van der Waals surface area contributed by atoms with Crippen molar-refractivity contribution < 1.29 is 29.4 Å². The molecular formula is C32H43N5O6. The third kappa shape index (κ3) is 9.31. The highest BCUT2D eigenvalue weighted by Crippen LogP contribution is 2.20. The minimum Gasteiger partial charge on any atom is -0.508 e. The normalized spacial score (nSPS) is 14.8. The highest BCUT2D eigenvalue weighted by molar-refractivity contribution is 5.95. The Hall–Kier alpha value is -4.38. The average Bonchev–Trinajstić information content (AvgIpc) is 3.38. The second kappa shape index (κ2) is 15.2. The van der Waals surface area contributed by atoms with Crippen LogP contribution in [0.15, 0.2) is 54.7 Å². The fourth-order valence-corrected chi connectivity index (χ4v) is 4.83. The summed E-state index contributed by atoms with van der Waals surface area (Å²) in [5.41, 5.74) is 8.46. The minimum absolute atomic E-state index is 0.0167.